The largest absolute Gasteiger partial charge is 0.454 e. The Morgan fingerprint density at radius 3 is 3.00 bits per heavy atom. The quantitative estimate of drug-likeness (QED) is 0.750. The Bertz CT molecular complexity index is 392. The van der Waals surface area contributed by atoms with Gasteiger partial charge in [0.05, 0.1) is 13.2 Å². The van der Waals surface area contributed by atoms with Crippen LogP contribution >= 0.6 is 0 Å². The summed E-state index contributed by atoms with van der Waals surface area (Å²) in [6.07, 6.45) is 0.241. The second kappa shape index (κ2) is 4.85. The highest BCUT2D eigenvalue weighted by Crippen LogP contribution is 2.32. The van der Waals surface area contributed by atoms with E-state index in [1.165, 1.54) is 0 Å². The van der Waals surface area contributed by atoms with E-state index in [4.69, 9.17) is 19.9 Å². The topological polar surface area (TPSA) is 70.8 Å². The lowest BCUT2D eigenvalue weighted by Gasteiger charge is -2.04. The van der Waals surface area contributed by atoms with Gasteiger partial charge in [-0.1, -0.05) is 6.07 Å². The first-order chi connectivity index (χ1) is 7.75. The SMILES string of the molecule is NC(=O)CCOCc1ccc2c(c1)OCO2. The van der Waals surface area contributed by atoms with Crippen LogP contribution in [0.3, 0.4) is 0 Å². The van der Waals surface area contributed by atoms with E-state index in [0.29, 0.717) is 13.2 Å². The summed E-state index contributed by atoms with van der Waals surface area (Å²) in [5.74, 6) is 1.13. The number of carbonyl (C=O) groups excluding carboxylic acids is 1. The van der Waals surface area contributed by atoms with Crippen LogP contribution in [0.4, 0.5) is 0 Å². The summed E-state index contributed by atoms with van der Waals surface area (Å²) in [5.41, 5.74) is 5.97. The zero-order valence-electron chi connectivity index (χ0n) is 8.77. The molecule has 86 valence electrons. The first kappa shape index (κ1) is 10.8. The maximum atomic E-state index is 10.5. The standard InChI is InChI=1S/C11H13NO4/c12-11(13)3-4-14-6-8-1-2-9-10(5-8)16-7-15-9/h1-2,5H,3-4,6-7H2,(H2,12,13). The summed E-state index contributed by atoms with van der Waals surface area (Å²) in [4.78, 5) is 10.5. The molecular weight excluding hydrogens is 210 g/mol. The zero-order chi connectivity index (χ0) is 11.4. The monoisotopic (exact) mass is 223 g/mol. The van der Waals surface area contributed by atoms with Crippen molar-refractivity contribution in [2.45, 2.75) is 13.0 Å². The fourth-order valence-electron chi connectivity index (χ4n) is 1.39. The maximum absolute atomic E-state index is 10.5. The summed E-state index contributed by atoms with van der Waals surface area (Å²) in [6.45, 7) is 1.04. The molecule has 0 bridgehead atoms. The molecular formula is C11H13NO4. The lowest BCUT2D eigenvalue weighted by atomic mass is 10.2. The Morgan fingerprint density at radius 1 is 1.38 bits per heavy atom. The van der Waals surface area contributed by atoms with E-state index in [1.54, 1.807) is 0 Å². The molecule has 0 unspecified atom stereocenters. The van der Waals surface area contributed by atoms with Crippen LogP contribution in [0.15, 0.2) is 18.2 Å². The van der Waals surface area contributed by atoms with Gasteiger partial charge < -0.3 is 19.9 Å². The maximum Gasteiger partial charge on any atom is 0.231 e. The third-order valence-corrected chi connectivity index (χ3v) is 2.20. The third kappa shape index (κ3) is 2.64. The van der Waals surface area contributed by atoms with E-state index in [1.807, 2.05) is 18.2 Å². The van der Waals surface area contributed by atoms with Crippen molar-refractivity contribution >= 4 is 5.91 Å². The molecule has 0 fully saturated rings. The molecule has 2 rings (SSSR count). The Hall–Kier alpha value is -1.75. The molecule has 5 nitrogen and oxygen atoms in total. The number of benzene rings is 1. The summed E-state index contributed by atoms with van der Waals surface area (Å²) in [6, 6.07) is 5.61. The molecule has 1 amide bonds. The molecule has 0 atom stereocenters. The van der Waals surface area contributed by atoms with E-state index in [0.717, 1.165) is 17.1 Å². The van der Waals surface area contributed by atoms with Gasteiger partial charge in [0.15, 0.2) is 11.5 Å². The lowest BCUT2D eigenvalue weighted by Crippen LogP contribution is -2.13. The van der Waals surface area contributed by atoms with Crippen LogP contribution in [0.5, 0.6) is 11.5 Å². The van der Waals surface area contributed by atoms with E-state index in [2.05, 4.69) is 0 Å². The highest BCUT2D eigenvalue weighted by molar-refractivity contribution is 5.73. The van der Waals surface area contributed by atoms with Crippen LogP contribution in [-0.4, -0.2) is 19.3 Å². The zero-order valence-corrected chi connectivity index (χ0v) is 8.77. The Kier molecular flexibility index (Phi) is 3.26. The number of carbonyl (C=O) groups is 1. The van der Waals surface area contributed by atoms with Gasteiger partial charge in [0.1, 0.15) is 0 Å². The number of hydrogen-bond donors (Lipinski definition) is 1. The van der Waals surface area contributed by atoms with Gasteiger partial charge >= 0.3 is 0 Å². The molecule has 16 heavy (non-hydrogen) atoms. The van der Waals surface area contributed by atoms with Crippen LogP contribution in [0.2, 0.25) is 0 Å². The van der Waals surface area contributed by atoms with Gasteiger partial charge in [-0.15, -0.1) is 0 Å². The summed E-state index contributed by atoms with van der Waals surface area (Å²) in [7, 11) is 0. The molecule has 0 aromatic heterocycles. The van der Waals surface area contributed by atoms with Crippen molar-refractivity contribution in [1.82, 2.24) is 0 Å². The number of hydrogen-bond acceptors (Lipinski definition) is 4. The average molecular weight is 223 g/mol. The molecule has 0 radical (unpaired) electrons. The first-order valence-electron chi connectivity index (χ1n) is 5.00. The van der Waals surface area contributed by atoms with Crippen molar-refractivity contribution in [2.75, 3.05) is 13.4 Å². The van der Waals surface area contributed by atoms with E-state index in [-0.39, 0.29) is 19.1 Å². The van der Waals surface area contributed by atoms with Crippen molar-refractivity contribution in [2.24, 2.45) is 5.73 Å². The minimum Gasteiger partial charge on any atom is -0.454 e. The molecule has 1 heterocycles. The van der Waals surface area contributed by atoms with Crippen LogP contribution in [-0.2, 0) is 16.1 Å². The molecule has 1 aromatic carbocycles. The molecule has 1 aliphatic rings. The number of primary amides is 1. The highest BCUT2D eigenvalue weighted by Gasteiger charge is 2.12. The Morgan fingerprint density at radius 2 is 2.19 bits per heavy atom. The Balaban J connectivity index is 1.83. The molecule has 0 aliphatic carbocycles. The molecule has 2 N–H and O–H groups in total. The first-order valence-corrected chi connectivity index (χ1v) is 5.00. The van der Waals surface area contributed by atoms with E-state index >= 15 is 0 Å². The number of fused-ring (bicyclic) bond motifs is 1. The van der Waals surface area contributed by atoms with Gasteiger partial charge in [-0.25, -0.2) is 0 Å². The fraction of sp³-hybridized carbons (Fsp3) is 0.364. The van der Waals surface area contributed by atoms with Crippen LogP contribution in [0.1, 0.15) is 12.0 Å². The number of rotatable bonds is 5. The number of ether oxygens (including phenoxy) is 3. The normalized spacial score (nSPS) is 12.8. The average Bonchev–Trinajstić information content (AvgIpc) is 2.71. The van der Waals surface area contributed by atoms with Gasteiger partial charge in [0, 0.05) is 6.42 Å². The van der Waals surface area contributed by atoms with Crippen molar-refractivity contribution in [3.63, 3.8) is 0 Å². The van der Waals surface area contributed by atoms with Gasteiger partial charge in [-0.05, 0) is 17.7 Å². The van der Waals surface area contributed by atoms with E-state index in [9.17, 15) is 4.79 Å². The van der Waals surface area contributed by atoms with Gasteiger partial charge in [-0.3, -0.25) is 4.79 Å². The van der Waals surface area contributed by atoms with Crippen molar-refractivity contribution < 1.29 is 19.0 Å². The number of nitrogens with two attached hydrogens (primary N) is 1. The summed E-state index contributed by atoms with van der Waals surface area (Å²) in [5, 5.41) is 0. The predicted molar refractivity (Wildman–Crippen MR) is 56.0 cm³/mol. The molecule has 0 spiro atoms. The predicted octanol–water partition coefficient (Wildman–Crippen LogP) is 0.807. The Labute approximate surface area is 93.1 Å². The highest BCUT2D eigenvalue weighted by atomic mass is 16.7. The number of amides is 1. The summed E-state index contributed by atoms with van der Waals surface area (Å²) >= 11 is 0. The second-order valence-corrected chi connectivity index (χ2v) is 3.46. The van der Waals surface area contributed by atoms with Gasteiger partial charge in [-0.2, -0.15) is 0 Å². The van der Waals surface area contributed by atoms with E-state index < -0.39 is 0 Å². The van der Waals surface area contributed by atoms with Crippen LogP contribution in [0.25, 0.3) is 0 Å². The molecule has 1 aliphatic heterocycles. The molecule has 5 heteroatoms. The van der Waals surface area contributed by atoms with Crippen LogP contribution in [0, 0.1) is 0 Å². The van der Waals surface area contributed by atoms with Gasteiger partial charge in [0.2, 0.25) is 12.7 Å². The van der Waals surface area contributed by atoms with Gasteiger partial charge in [0.25, 0.3) is 0 Å². The smallest absolute Gasteiger partial charge is 0.231 e. The minimum absolute atomic E-state index is 0.241. The fourth-order valence-corrected chi connectivity index (χ4v) is 1.39. The molecule has 0 saturated carbocycles. The molecule has 1 aromatic rings. The van der Waals surface area contributed by atoms with Crippen molar-refractivity contribution in [1.29, 1.82) is 0 Å². The third-order valence-electron chi connectivity index (χ3n) is 2.20. The molecule has 0 saturated heterocycles. The summed E-state index contributed by atoms with van der Waals surface area (Å²) < 4.78 is 15.7. The second-order valence-electron chi connectivity index (χ2n) is 3.46. The van der Waals surface area contributed by atoms with Crippen LogP contribution < -0.4 is 15.2 Å². The minimum atomic E-state index is -0.356. The lowest BCUT2D eigenvalue weighted by molar-refractivity contribution is -0.119. The van der Waals surface area contributed by atoms with Crippen molar-refractivity contribution in [3.8, 4) is 11.5 Å². The van der Waals surface area contributed by atoms with Crippen molar-refractivity contribution in [3.05, 3.63) is 23.8 Å².